The number of aromatic nitrogens is 1. The van der Waals surface area contributed by atoms with E-state index in [1.165, 1.54) is 0 Å². The molecular formula is C18H21N3O3. The van der Waals surface area contributed by atoms with Gasteiger partial charge in [0, 0.05) is 37.3 Å². The van der Waals surface area contributed by atoms with Crippen molar-refractivity contribution in [1.82, 2.24) is 9.88 Å². The van der Waals surface area contributed by atoms with Crippen molar-refractivity contribution in [3.8, 4) is 0 Å². The molecule has 1 aromatic carbocycles. The Morgan fingerprint density at radius 2 is 1.62 bits per heavy atom. The number of hydrogen-bond acceptors (Lipinski definition) is 5. The van der Waals surface area contributed by atoms with Crippen molar-refractivity contribution in [2.24, 2.45) is 0 Å². The molecule has 126 valence electrons. The van der Waals surface area contributed by atoms with E-state index < -0.39 is 0 Å². The van der Waals surface area contributed by atoms with Crippen LogP contribution in [-0.4, -0.2) is 68.4 Å². The number of pyridine rings is 1. The molecule has 3 heterocycles. The van der Waals surface area contributed by atoms with Gasteiger partial charge in [-0.3, -0.25) is 4.79 Å². The number of morpholine rings is 2. The minimum Gasteiger partial charge on any atom is -0.378 e. The Balaban J connectivity index is 1.74. The largest absolute Gasteiger partial charge is 0.378 e. The van der Waals surface area contributed by atoms with Gasteiger partial charge in [-0.25, -0.2) is 4.98 Å². The summed E-state index contributed by atoms with van der Waals surface area (Å²) in [5.41, 5.74) is 2.44. The average molecular weight is 327 g/mol. The van der Waals surface area contributed by atoms with Crippen molar-refractivity contribution >= 4 is 22.5 Å². The standard InChI is InChI=1S/C18H21N3O3/c22-18(21-7-11-24-12-8-21)16-13-17(20-5-9-23-10-6-20)14-3-1-2-4-15(14)19-16/h1-4,13H,5-12H2. The minimum absolute atomic E-state index is 0.0152. The van der Waals surface area contributed by atoms with Crippen LogP contribution in [0.2, 0.25) is 0 Å². The maximum atomic E-state index is 12.8. The molecule has 0 radical (unpaired) electrons. The van der Waals surface area contributed by atoms with E-state index in [1.807, 2.05) is 29.2 Å². The third-order valence-corrected chi connectivity index (χ3v) is 4.56. The van der Waals surface area contributed by atoms with Crippen molar-refractivity contribution in [1.29, 1.82) is 0 Å². The maximum Gasteiger partial charge on any atom is 0.272 e. The fourth-order valence-electron chi connectivity index (χ4n) is 3.26. The molecule has 24 heavy (non-hydrogen) atoms. The highest BCUT2D eigenvalue weighted by Crippen LogP contribution is 2.28. The van der Waals surface area contributed by atoms with Crippen molar-refractivity contribution in [3.63, 3.8) is 0 Å². The summed E-state index contributed by atoms with van der Waals surface area (Å²) in [6, 6.07) is 9.94. The van der Waals surface area contributed by atoms with Gasteiger partial charge < -0.3 is 19.3 Å². The van der Waals surface area contributed by atoms with Crippen LogP contribution in [0.5, 0.6) is 0 Å². The first-order valence-corrected chi connectivity index (χ1v) is 8.42. The van der Waals surface area contributed by atoms with Crippen molar-refractivity contribution < 1.29 is 14.3 Å². The van der Waals surface area contributed by atoms with Crippen LogP contribution in [0.25, 0.3) is 10.9 Å². The number of para-hydroxylation sites is 1. The first-order valence-electron chi connectivity index (χ1n) is 8.42. The molecule has 0 bridgehead atoms. The lowest BCUT2D eigenvalue weighted by molar-refractivity contribution is 0.0299. The number of hydrogen-bond donors (Lipinski definition) is 0. The number of carbonyl (C=O) groups is 1. The van der Waals surface area contributed by atoms with Gasteiger partial charge in [-0.2, -0.15) is 0 Å². The Morgan fingerprint density at radius 3 is 2.38 bits per heavy atom. The number of carbonyl (C=O) groups excluding carboxylic acids is 1. The summed E-state index contributed by atoms with van der Waals surface area (Å²) in [7, 11) is 0. The van der Waals surface area contributed by atoms with Crippen LogP contribution in [0.3, 0.4) is 0 Å². The van der Waals surface area contributed by atoms with Crippen molar-refractivity contribution in [2.45, 2.75) is 0 Å². The third-order valence-electron chi connectivity index (χ3n) is 4.56. The normalized spacial score (nSPS) is 18.8. The van der Waals surface area contributed by atoms with E-state index in [9.17, 15) is 4.79 Å². The van der Waals surface area contributed by atoms with Crippen LogP contribution in [0.15, 0.2) is 30.3 Å². The number of rotatable bonds is 2. The first-order chi connectivity index (χ1) is 11.8. The summed E-state index contributed by atoms with van der Waals surface area (Å²) in [5, 5.41) is 1.08. The van der Waals surface area contributed by atoms with Crippen LogP contribution >= 0.6 is 0 Å². The van der Waals surface area contributed by atoms with Crippen LogP contribution in [0.1, 0.15) is 10.5 Å². The molecule has 1 aromatic heterocycles. The summed E-state index contributed by atoms with van der Waals surface area (Å²) in [4.78, 5) is 21.6. The molecule has 0 spiro atoms. The van der Waals surface area contributed by atoms with Crippen molar-refractivity contribution in [2.75, 3.05) is 57.5 Å². The summed E-state index contributed by atoms with van der Waals surface area (Å²) in [5.74, 6) is -0.0152. The molecule has 6 nitrogen and oxygen atoms in total. The highest BCUT2D eigenvalue weighted by atomic mass is 16.5. The lowest BCUT2D eigenvalue weighted by Gasteiger charge is -2.31. The van der Waals surface area contributed by atoms with Crippen LogP contribution < -0.4 is 4.90 Å². The van der Waals surface area contributed by atoms with E-state index in [-0.39, 0.29) is 5.91 Å². The summed E-state index contributed by atoms with van der Waals surface area (Å²) >= 11 is 0. The van der Waals surface area contributed by atoms with E-state index in [2.05, 4.69) is 16.0 Å². The molecule has 2 saturated heterocycles. The fraction of sp³-hybridized carbons (Fsp3) is 0.444. The molecule has 1 amide bonds. The Morgan fingerprint density at radius 1 is 0.958 bits per heavy atom. The van der Waals surface area contributed by atoms with E-state index in [0.717, 1.165) is 29.7 Å². The summed E-state index contributed by atoms with van der Waals surface area (Å²) in [6.45, 7) is 5.52. The van der Waals surface area contributed by atoms with Gasteiger partial charge in [0.05, 0.1) is 31.9 Å². The minimum atomic E-state index is -0.0152. The second kappa shape index (κ2) is 6.75. The quantitative estimate of drug-likeness (QED) is 0.837. The number of benzene rings is 1. The predicted octanol–water partition coefficient (Wildman–Crippen LogP) is 1.54. The lowest BCUT2D eigenvalue weighted by atomic mass is 10.1. The zero-order chi connectivity index (χ0) is 16.4. The number of amides is 1. The molecule has 2 aliphatic rings. The first kappa shape index (κ1) is 15.4. The van der Waals surface area contributed by atoms with E-state index >= 15 is 0 Å². The van der Waals surface area contributed by atoms with Gasteiger partial charge in [-0.1, -0.05) is 18.2 Å². The number of anilines is 1. The summed E-state index contributed by atoms with van der Waals surface area (Å²) in [6.07, 6.45) is 0. The Hall–Kier alpha value is -2.18. The highest BCUT2D eigenvalue weighted by molar-refractivity contribution is 6.00. The van der Waals surface area contributed by atoms with Gasteiger partial charge >= 0.3 is 0 Å². The smallest absolute Gasteiger partial charge is 0.272 e. The van der Waals surface area contributed by atoms with Gasteiger partial charge in [0.1, 0.15) is 5.69 Å². The number of nitrogens with zero attached hydrogens (tertiary/aromatic N) is 3. The van der Waals surface area contributed by atoms with Gasteiger partial charge in [0.2, 0.25) is 0 Å². The third kappa shape index (κ3) is 2.95. The van der Waals surface area contributed by atoms with Crippen LogP contribution in [0, 0.1) is 0 Å². The van der Waals surface area contributed by atoms with Gasteiger partial charge in [0.25, 0.3) is 5.91 Å². The van der Waals surface area contributed by atoms with Gasteiger partial charge in [-0.05, 0) is 12.1 Å². The molecule has 0 atom stereocenters. The highest BCUT2D eigenvalue weighted by Gasteiger charge is 2.23. The monoisotopic (exact) mass is 327 g/mol. The predicted molar refractivity (Wildman–Crippen MR) is 91.5 cm³/mol. The molecule has 0 unspecified atom stereocenters. The topological polar surface area (TPSA) is 54.9 Å². The Bertz CT molecular complexity index is 737. The van der Waals surface area contributed by atoms with E-state index in [0.29, 0.717) is 45.2 Å². The molecule has 2 aliphatic heterocycles. The van der Waals surface area contributed by atoms with Gasteiger partial charge in [0.15, 0.2) is 0 Å². The van der Waals surface area contributed by atoms with E-state index in [4.69, 9.17) is 9.47 Å². The van der Waals surface area contributed by atoms with Crippen LogP contribution in [-0.2, 0) is 9.47 Å². The average Bonchev–Trinajstić information content (AvgIpc) is 2.68. The Kier molecular flexibility index (Phi) is 4.32. The zero-order valence-corrected chi connectivity index (χ0v) is 13.6. The summed E-state index contributed by atoms with van der Waals surface area (Å²) < 4.78 is 10.8. The second-order valence-corrected chi connectivity index (χ2v) is 6.05. The maximum absolute atomic E-state index is 12.8. The lowest BCUT2D eigenvalue weighted by Crippen LogP contribution is -2.41. The van der Waals surface area contributed by atoms with Gasteiger partial charge in [-0.15, -0.1) is 0 Å². The Labute approximate surface area is 141 Å². The molecule has 6 heteroatoms. The van der Waals surface area contributed by atoms with E-state index in [1.54, 1.807) is 0 Å². The molecule has 0 aliphatic carbocycles. The zero-order valence-electron chi connectivity index (χ0n) is 13.6. The number of fused-ring (bicyclic) bond motifs is 1. The van der Waals surface area contributed by atoms with Crippen LogP contribution in [0.4, 0.5) is 5.69 Å². The molecule has 2 fully saturated rings. The van der Waals surface area contributed by atoms with Crippen molar-refractivity contribution in [3.05, 3.63) is 36.0 Å². The molecular weight excluding hydrogens is 306 g/mol. The number of ether oxygens (including phenoxy) is 2. The SMILES string of the molecule is O=C(c1cc(N2CCOCC2)c2ccccc2n1)N1CCOCC1. The molecule has 4 rings (SSSR count). The fourth-order valence-corrected chi connectivity index (χ4v) is 3.26. The molecule has 0 saturated carbocycles. The molecule has 2 aromatic rings. The second-order valence-electron chi connectivity index (χ2n) is 6.05. The molecule has 0 N–H and O–H groups in total.